The van der Waals surface area contributed by atoms with Gasteiger partial charge in [0.1, 0.15) is 5.76 Å². The molecule has 1 saturated heterocycles. The monoisotopic (exact) mass is 361 g/mol. The van der Waals surface area contributed by atoms with Gasteiger partial charge in [0, 0.05) is 24.1 Å². The quantitative estimate of drug-likeness (QED) is 0.849. The van der Waals surface area contributed by atoms with Crippen LogP contribution in [0.5, 0.6) is 0 Å². The van der Waals surface area contributed by atoms with Crippen LogP contribution in [0.2, 0.25) is 5.02 Å². The lowest BCUT2D eigenvalue weighted by molar-refractivity contribution is 0.0915. The highest BCUT2D eigenvalue weighted by molar-refractivity contribution is 6.30. The molecule has 0 unspecified atom stereocenters. The Morgan fingerprint density at radius 3 is 2.64 bits per heavy atom. The third kappa shape index (κ3) is 4.61. The zero-order valence-electron chi connectivity index (χ0n) is 14.5. The van der Waals surface area contributed by atoms with Crippen LogP contribution in [-0.2, 0) is 6.42 Å². The second-order valence-electron chi connectivity index (χ2n) is 6.41. The van der Waals surface area contributed by atoms with Crippen molar-refractivity contribution in [2.75, 3.05) is 19.6 Å². The van der Waals surface area contributed by atoms with Crippen LogP contribution < -0.4 is 5.32 Å². The van der Waals surface area contributed by atoms with Crippen molar-refractivity contribution in [1.29, 1.82) is 0 Å². The van der Waals surface area contributed by atoms with Gasteiger partial charge in [0.25, 0.3) is 5.91 Å². The first-order valence-electron chi connectivity index (χ1n) is 8.90. The molecule has 2 aromatic rings. The minimum absolute atomic E-state index is 0.138. The van der Waals surface area contributed by atoms with Crippen molar-refractivity contribution < 1.29 is 9.32 Å². The van der Waals surface area contributed by atoms with Crippen LogP contribution in [0.25, 0.3) is 0 Å². The molecule has 1 fully saturated rings. The normalized spacial score (nSPS) is 16.6. The van der Waals surface area contributed by atoms with Gasteiger partial charge < -0.3 is 9.84 Å². The Morgan fingerprint density at radius 2 is 2.00 bits per heavy atom. The topological polar surface area (TPSA) is 58.4 Å². The molecule has 1 aliphatic rings. The van der Waals surface area contributed by atoms with Gasteiger partial charge in [-0.3, -0.25) is 9.69 Å². The van der Waals surface area contributed by atoms with Crippen LogP contribution in [0.15, 0.2) is 34.9 Å². The summed E-state index contributed by atoms with van der Waals surface area (Å²) in [6.07, 6.45) is 4.39. The second-order valence-corrected chi connectivity index (χ2v) is 6.84. The number of nitrogens with one attached hydrogen (secondary N) is 1. The number of likely N-dealkylation sites (tertiary alicyclic amines) is 1. The summed E-state index contributed by atoms with van der Waals surface area (Å²) >= 11 is 6.02. The largest absolute Gasteiger partial charge is 0.361 e. The van der Waals surface area contributed by atoms with E-state index in [2.05, 4.69) is 15.4 Å². The number of aromatic nitrogens is 1. The zero-order chi connectivity index (χ0) is 17.6. The van der Waals surface area contributed by atoms with Gasteiger partial charge in [-0.25, -0.2) is 0 Å². The van der Waals surface area contributed by atoms with Crippen LogP contribution in [0.1, 0.15) is 54.0 Å². The van der Waals surface area contributed by atoms with E-state index in [-0.39, 0.29) is 11.9 Å². The Kier molecular flexibility index (Phi) is 6.10. The molecule has 0 saturated carbocycles. The highest BCUT2D eigenvalue weighted by Crippen LogP contribution is 2.25. The van der Waals surface area contributed by atoms with E-state index in [1.807, 2.05) is 31.2 Å². The van der Waals surface area contributed by atoms with Gasteiger partial charge in [-0.1, -0.05) is 42.2 Å². The third-order valence-electron chi connectivity index (χ3n) is 4.68. The standard InChI is InChI=1S/C19H24ClN3O2/c1-2-16-12-17(22-25-16)19(24)21-13-18(23-10-4-3-5-11-23)14-6-8-15(20)9-7-14/h6-9,12,18H,2-5,10-11,13H2,1H3,(H,21,24)/t18-/m0/s1. The van der Waals surface area contributed by atoms with E-state index in [1.165, 1.54) is 24.8 Å². The number of amides is 1. The molecule has 1 amide bonds. The lowest BCUT2D eigenvalue weighted by atomic mass is 10.0. The van der Waals surface area contributed by atoms with Crippen molar-refractivity contribution in [3.63, 3.8) is 0 Å². The number of halogens is 1. The molecule has 2 heterocycles. The summed E-state index contributed by atoms with van der Waals surface area (Å²) in [4.78, 5) is 14.8. The van der Waals surface area contributed by atoms with Crippen molar-refractivity contribution in [3.05, 3.63) is 52.4 Å². The molecule has 5 nitrogen and oxygen atoms in total. The molecule has 0 spiro atoms. The molecule has 0 aliphatic carbocycles. The minimum atomic E-state index is -0.195. The van der Waals surface area contributed by atoms with E-state index in [0.29, 0.717) is 12.2 Å². The van der Waals surface area contributed by atoms with Crippen LogP contribution in [-0.4, -0.2) is 35.6 Å². The summed E-state index contributed by atoms with van der Waals surface area (Å²) < 4.78 is 5.12. The van der Waals surface area contributed by atoms with Gasteiger partial charge in [-0.05, 0) is 43.6 Å². The predicted octanol–water partition coefficient (Wildman–Crippen LogP) is 3.85. The van der Waals surface area contributed by atoms with Crippen molar-refractivity contribution in [2.24, 2.45) is 0 Å². The number of nitrogens with zero attached hydrogens (tertiary/aromatic N) is 2. The smallest absolute Gasteiger partial charge is 0.273 e. The zero-order valence-corrected chi connectivity index (χ0v) is 15.3. The van der Waals surface area contributed by atoms with E-state index in [1.54, 1.807) is 6.07 Å². The molecular formula is C19H24ClN3O2. The molecule has 1 aromatic carbocycles. The fourth-order valence-corrected chi connectivity index (χ4v) is 3.37. The van der Waals surface area contributed by atoms with Crippen molar-refractivity contribution in [1.82, 2.24) is 15.4 Å². The number of rotatable bonds is 6. The number of carbonyl (C=O) groups is 1. The molecule has 1 atom stereocenters. The molecule has 0 bridgehead atoms. The molecule has 6 heteroatoms. The van der Waals surface area contributed by atoms with Gasteiger partial charge in [0.15, 0.2) is 5.69 Å². The van der Waals surface area contributed by atoms with Gasteiger partial charge in [0.2, 0.25) is 0 Å². The fourth-order valence-electron chi connectivity index (χ4n) is 3.24. The second kappa shape index (κ2) is 8.50. The lowest BCUT2D eigenvalue weighted by Gasteiger charge is -2.35. The third-order valence-corrected chi connectivity index (χ3v) is 4.93. The summed E-state index contributed by atoms with van der Waals surface area (Å²) in [5.74, 6) is 0.523. The van der Waals surface area contributed by atoms with E-state index in [0.717, 1.165) is 30.3 Å². The molecule has 134 valence electrons. The molecule has 3 rings (SSSR count). The first-order valence-corrected chi connectivity index (χ1v) is 9.28. The number of piperidine rings is 1. The molecule has 1 aromatic heterocycles. The summed E-state index contributed by atoms with van der Waals surface area (Å²) in [5.41, 5.74) is 1.51. The molecule has 1 N–H and O–H groups in total. The van der Waals surface area contributed by atoms with Crippen LogP contribution in [0.4, 0.5) is 0 Å². The molecular weight excluding hydrogens is 338 g/mol. The first-order chi connectivity index (χ1) is 12.2. The van der Waals surface area contributed by atoms with Crippen molar-refractivity contribution in [3.8, 4) is 0 Å². The molecule has 25 heavy (non-hydrogen) atoms. The van der Waals surface area contributed by atoms with Gasteiger partial charge in [-0.2, -0.15) is 0 Å². The van der Waals surface area contributed by atoms with Gasteiger partial charge in [0.05, 0.1) is 6.04 Å². The van der Waals surface area contributed by atoms with E-state index in [4.69, 9.17) is 16.1 Å². The number of aryl methyl sites for hydroxylation is 1. The first kappa shape index (κ1) is 18.0. The number of hydrogen-bond donors (Lipinski definition) is 1. The number of benzene rings is 1. The Morgan fingerprint density at radius 1 is 1.28 bits per heavy atom. The SMILES string of the molecule is CCc1cc(C(=O)NC[C@@H](c2ccc(Cl)cc2)N2CCCCC2)no1. The molecule has 1 aliphatic heterocycles. The Bertz CT molecular complexity index is 693. The molecule has 0 radical (unpaired) electrons. The summed E-state index contributed by atoms with van der Waals surface area (Å²) in [6.45, 7) is 4.60. The number of carbonyl (C=O) groups excluding carboxylic acids is 1. The summed E-state index contributed by atoms with van der Waals surface area (Å²) in [6, 6.07) is 9.73. The van der Waals surface area contributed by atoms with Crippen LogP contribution in [0, 0.1) is 0 Å². The average Bonchev–Trinajstić information content (AvgIpc) is 3.13. The highest BCUT2D eigenvalue weighted by atomic mass is 35.5. The van der Waals surface area contributed by atoms with Crippen molar-refractivity contribution >= 4 is 17.5 Å². The number of hydrogen-bond acceptors (Lipinski definition) is 4. The maximum absolute atomic E-state index is 12.4. The summed E-state index contributed by atoms with van der Waals surface area (Å²) in [7, 11) is 0. The minimum Gasteiger partial charge on any atom is -0.361 e. The highest BCUT2D eigenvalue weighted by Gasteiger charge is 2.23. The Balaban J connectivity index is 1.70. The Hall–Kier alpha value is -1.85. The van der Waals surface area contributed by atoms with Crippen LogP contribution in [0.3, 0.4) is 0 Å². The lowest BCUT2D eigenvalue weighted by Crippen LogP contribution is -2.40. The van der Waals surface area contributed by atoms with E-state index >= 15 is 0 Å². The fraction of sp³-hybridized carbons (Fsp3) is 0.474. The maximum Gasteiger partial charge on any atom is 0.273 e. The van der Waals surface area contributed by atoms with Gasteiger partial charge >= 0.3 is 0 Å². The summed E-state index contributed by atoms with van der Waals surface area (Å²) in [5, 5.41) is 7.58. The Labute approximate surface area is 153 Å². The van der Waals surface area contributed by atoms with Crippen molar-refractivity contribution in [2.45, 2.75) is 38.6 Å². The van der Waals surface area contributed by atoms with Crippen LogP contribution >= 0.6 is 11.6 Å². The van der Waals surface area contributed by atoms with Gasteiger partial charge in [-0.15, -0.1) is 0 Å². The maximum atomic E-state index is 12.4. The van der Waals surface area contributed by atoms with E-state index < -0.39 is 0 Å². The average molecular weight is 362 g/mol. The van der Waals surface area contributed by atoms with E-state index in [9.17, 15) is 4.79 Å². The predicted molar refractivity (Wildman–Crippen MR) is 97.8 cm³/mol.